The van der Waals surface area contributed by atoms with Gasteiger partial charge in [-0.05, 0) is 84.6 Å². The summed E-state index contributed by atoms with van der Waals surface area (Å²) < 4.78 is 12.6. The topological polar surface area (TPSA) is 75.6 Å². The minimum atomic E-state index is -0.189. The fraction of sp³-hybridized carbons (Fsp3) is 0.263. The number of methoxy groups -OCH3 is 2. The second kappa shape index (κ2) is 13.5. The molecule has 0 amide bonds. The highest BCUT2D eigenvalue weighted by atomic mass is 35.5. The van der Waals surface area contributed by atoms with Gasteiger partial charge in [-0.3, -0.25) is 9.47 Å². The van der Waals surface area contributed by atoms with Gasteiger partial charge in [-0.1, -0.05) is 66.2 Å². The zero-order chi connectivity index (χ0) is 32.3. The maximum atomic E-state index is 13.8. The smallest absolute Gasteiger partial charge is 0.326 e. The Morgan fingerprint density at radius 1 is 0.809 bits per heavy atom. The number of aromatic amines is 1. The number of ether oxygens (including phenoxy) is 2. The summed E-state index contributed by atoms with van der Waals surface area (Å²) >= 11 is 6.81. The van der Waals surface area contributed by atoms with E-state index in [0.29, 0.717) is 31.0 Å². The van der Waals surface area contributed by atoms with Crippen molar-refractivity contribution in [3.63, 3.8) is 0 Å². The van der Waals surface area contributed by atoms with Gasteiger partial charge in [0.05, 0.1) is 31.8 Å². The molecule has 0 bridgehead atoms. The van der Waals surface area contributed by atoms with Crippen LogP contribution in [0, 0.1) is 0 Å². The zero-order valence-corrected chi connectivity index (χ0v) is 27.5. The molecule has 1 fully saturated rings. The average Bonchev–Trinajstić information content (AvgIpc) is 3.73. The molecule has 4 aromatic carbocycles. The summed E-state index contributed by atoms with van der Waals surface area (Å²) in [4.78, 5) is 26.8. The Bertz CT molecular complexity index is 2020. The molecule has 3 heterocycles. The van der Waals surface area contributed by atoms with Gasteiger partial charge in [0.1, 0.15) is 17.0 Å². The van der Waals surface area contributed by atoms with Crippen LogP contribution in [0.5, 0.6) is 11.5 Å². The lowest BCUT2D eigenvalue weighted by Gasteiger charge is -2.25. The molecule has 0 radical (unpaired) electrons. The van der Waals surface area contributed by atoms with Crippen molar-refractivity contribution in [3.8, 4) is 11.5 Å². The minimum absolute atomic E-state index is 0.189. The average molecular weight is 648 g/mol. The predicted octanol–water partition coefficient (Wildman–Crippen LogP) is 7.40. The number of halogens is 1. The third-order valence-corrected chi connectivity index (χ3v) is 9.36. The second-order valence-electron chi connectivity index (χ2n) is 12.2. The number of nitrogens with one attached hydrogen (secondary N) is 1. The minimum Gasteiger partial charge on any atom is -0.497 e. The number of anilines is 1. The fourth-order valence-corrected chi connectivity index (χ4v) is 6.79. The number of para-hydroxylation sites is 1. The van der Waals surface area contributed by atoms with Crippen LogP contribution in [-0.4, -0.2) is 46.7 Å². The van der Waals surface area contributed by atoms with Crippen molar-refractivity contribution in [3.05, 3.63) is 129 Å². The predicted molar refractivity (Wildman–Crippen MR) is 189 cm³/mol. The molecule has 0 aliphatic carbocycles. The summed E-state index contributed by atoms with van der Waals surface area (Å²) in [7, 11) is 3.33. The number of aromatic nitrogens is 3. The van der Waals surface area contributed by atoms with Gasteiger partial charge in [-0.2, -0.15) is 0 Å². The Hall–Kier alpha value is -4.79. The molecule has 6 aromatic rings. The van der Waals surface area contributed by atoms with Gasteiger partial charge >= 0.3 is 5.69 Å². The van der Waals surface area contributed by atoms with Crippen LogP contribution in [0.15, 0.2) is 95.8 Å². The number of H-pyrrole nitrogens is 1. The van der Waals surface area contributed by atoms with Crippen molar-refractivity contribution in [1.29, 1.82) is 0 Å². The van der Waals surface area contributed by atoms with E-state index in [9.17, 15) is 4.79 Å². The quantitative estimate of drug-likeness (QED) is 0.158. The standard InChI is InChI=1S/C38H38ClN5O3/c1-46-30-15-10-26(11-16-30)22-43(23-27-12-17-31(47-2)18-13-27)37-35-36(32-7-3-4-8-34(32)40-37)44(38(45)41-35)24-28-9-14-29(33(39)21-28)25-42-19-5-6-20-42/h3-4,7-18,21H,5-6,19-20,22-25H2,1-2H3,(H,41,45). The van der Waals surface area contributed by atoms with E-state index in [4.69, 9.17) is 26.1 Å². The lowest BCUT2D eigenvalue weighted by atomic mass is 10.1. The van der Waals surface area contributed by atoms with Gasteiger partial charge in [0.2, 0.25) is 0 Å². The van der Waals surface area contributed by atoms with Crippen LogP contribution in [0.4, 0.5) is 5.82 Å². The number of rotatable bonds is 11. The molecule has 1 aliphatic rings. The van der Waals surface area contributed by atoms with Gasteiger partial charge in [0.25, 0.3) is 0 Å². The van der Waals surface area contributed by atoms with Gasteiger partial charge in [0.15, 0.2) is 5.82 Å². The molecule has 1 aliphatic heterocycles. The molecule has 0 saturated carbocycles. The first kappa shape index (κ1) is 30.8. The highest BCUT2D eigenvalue weighted by Crippen LogP contribution is 2.33. The Labute approximate surface area is 279 Å². The summed E-state index contributed by atoms with van der Waals surface area (Å²) in [5, 5.41) is 1.65. The van der Waals surface area contributed by atoms with Crippen LogP contribution < -0.4 is 20.1 Å². The molecule has 1 N–H and O–H groups in total. The van der Waals surface area contributed by atoms with Crippen LogP contribution >= 0.6 is 11.6 Å². The maximum Gasteiger partial charge on any atom is 0.326 e. The van der Waals surface area contributed by atoms with E-state index >= 15 is 0 Å². The largest absolute Gasteiger partial charge is 0.497 e. The molecule has 0 spiro atoms. The molecule has 240 valence electrons. The summed E-state index contributed by atoms with van der Waals surface area (Å²) in [5.74, 6) is 2.31. The van der Waals surface area contributed by atoms with Crippen molar-refractivity contribution >= 4 is 39.4 Å². The van der Waals surface area contributed by atoms with Crippen molar-refractivity contribution in [2.75, 3.05) is 32.2 Å². The molecule has 1 saturated heterocycles. The second-order valence-corrected chi connectivity index (χ2v) is 12.6. The summed E-state index contributed by atoms with van der Waals surface area (Å²) in [6.07, 6.45) is 2.48. The van der Waals surface area contributed by atoms with E-state index in [1.807, 2.05) is 59.2 Å². The molecule has 0 unspecified atom stereocenters. The number of hydrogen-bond acceptors (Lipinski definition) is 6. The molecule has 9 heteroatoms. The van der Waals surface area contributed by atoms with E-state index in [1.54, 1.807) is 14.2 Å². The van der Waals surface area contributed by atoms with Gasteiger partial charge in [-0.15, -0.1) is 0 Å². The van der Waals surface area contributed by atoms with Crippen LogP contribution in [0.1, 0.15) is 35.1 Å². The first-order valence-corrected chi connectivity index (χ1v) is 16.4. The normalized spacial score (nSPS) is 13.4. The third-order valence-electron chi connectivity index (χ3n) is 9.01. The highest BCUT2D eigenvalue weighted by molar-refractivity contribution is 6.31. The number of pyridine rings is 1. The number of likely N-dealkylation sites (tertiary alicyclic amines) is 1. The van der Waals surface area contributed by atoms with Gasteiger partial charge < -0.3 is 19.4 Å². The van der Waals surface area contributed by atoms with Crippen LogP contribution in [0.2, 0.25) is 5.02 Å². The first-order valence-electron chi connectivity index (χ1n) is 16.0. The van der Waals surface area contributed by atoms with Crippen molar-refractivity contribution < 1.29 is 9.47 Å². The number of fused-ring (bicyclic) bond motifs is 3. The van der Waals surface area contributed by atoms with Crippen LogP contribution in [0.25, 0.3) is 21.9 Å². The van der Waals surface area contributed by atoms with Crippen LogP contribution in [0.3, 0.4) is 0 Å². The Kier molecular flexibility index (Phi) is 8.87. The highest BCUT2D eigenvalue weighted by Gasteiger charge is 2.22. The first-order chi connectivity index (χ1) is 23.0. The monoisotopic (exact) mass is 647 g/mol. The van der Waals surface area contributed by atoms with Crippen molar-refractivity contribution in [1.82, 2.24) is 19.4 Å². The van der Waals surface area contributed by atoms with Gasteiger partial charge in [-0.25, -0.2) is 9.78 Å². The number of benzene rings is 4. The summed E-state index contributed by atoms with van der Waals surface area (Å²) in [6, 6.07) is 30.3. The number of hydrogen-bond donors (Lipinski definition) is 1. The Morgan fingerprint density at radius 3 is 2.04 bits per heavy atom. The Morgan fingerprint density at radius 2 is 1.43 bits per heavy atom. The van der Waals surface area contributed by atoms with Crippen molar-refractivity contribution in [2.24, 2.45) is 0 Å². The molecule has 2 aromatic heterocycles. The van der Waals surface area contributed by atoms with E-state index in [2.05, 4.69) is 51.2 Å². The Balaban J connectivity index is 1.31. The van der Waals surface area contributed by atoms with Gasteiger partial charge in [0, 0.05) is 30.0 Å². The molecule has 7 rings (SSSR count). The zero-order valence-electron chi connectivity index (χ0n) is 26.7. The molecule has 47 heavy (non-hydrogen) atoms. The number of nitrogens with zero attached hydrogens (tertiary/aromatic N) is 4. The summed E-state index contributed by atoms with van der Waals surface area (Å²) in [6.45, 7) is 4.59. The van der Waals surface area contributed by atoms with E-state index in [1.165, 1.54) is 12.8 Å². The number of imidazole rings is 1. The maximum absolute atomic E-state index is 13.8. The molecular weight excluding hydrogens is 610 g/mol. The molecular formula is C38H38ClN5O3. The molecule has 8 nitrogen and oxygen atoms in total. The SMILES string of the molecule is COc1ccc(CN(Cc2ccc(OC)cc2)c2nc3ccccc3c3c2[nH]c(=O)n3Cc2ccc(CN3CCCC3)c(Cl)c2)cc1. The van der Waals surface area contributed by atoms with E-state index < -0.39 is 0 Å². The summed E-state index contributed by atoms with van der Waals surface area (Å²) in [5.41, 5.74) is 6.42. The van der Waals surface area contributed by atoms with E-state index in [0.717, 1.165) is 74.8 Å². The van der Waals surface area contributed by atoms with E-state index in [-0.39, 0.29) is 5.69 Å². The van der Waals surface area contributed by atoms with Crippen LogP contribution in [-0.2, 0) is 26.2 Å². The molecule has 0 atom stereocenters. The van der Waals surface area contributed by atoms with Crippen molar-refractivity contribution in [2.45, 2.75) is 39.0 Å². The lowest BCUT2D eigenvalue weighted by molar-refractivity contribution is 0.331. The lowest BCUT2D eigenvalue weighted by Crippen LogP contribution is -2.23. The fourth-order valence-electron chi connectivity index (χ4n) is 6.52. The third kappa shape index (κ3) is 6.57.